The van der Waals surface area contributed by atoms with Gasteiger partial charge in [0.15, 0.2) is 0 Å². The van der Waals surface area contributed by atoms with Gasteiger partial charge in [-0.05, 0) is 65.1 Å². The molecule has 0 spiro atoms. The Balaban J connectivity index is 1.78. The summed E-state index contributed by atoms with van der Waals surface area (Å²) in [6.45, 7) is 4.63. The predicted molar refractivity (Wildman–Crippen MR) is 145 cm³/mol. The van der Waals surface area contributed by atoms with Crippen molar-refractivity contribution in [1.29, 1.82) is 0 Å². The van der Waals surface area contributed by atoms with E-state index in [1.807, 2.05) is 11.3 Å². The van der Waals surface area contributed by atoms with E-state index in [1.54, 1.807) is 0 Å². The molecule has 8 rings (SSSR count). The van der Waals surface area contributed by atoms with E-state index in [0.29, 0.717) is 6.04 Å². The molecule has 2 aromatic heterocycles. The normalized spacial score (nSPS) is 12.8. The van der Waals surface area contributed by atoms with Crippen LogP contribution in [-0.2, 0) is 0 Å². The zero-order valence-electron chi connectivity index (χ0n) is 18.5. The van der Waals surface area contributed by atoms with Crippen LogP contribution in [0.1, 0.15) is 19.9 Å². The highest BCUT2D eigenvalue weighted by atomic mass is 32.1. The van der Waals surface area contributed by atoms with Gasteiger partial charge in [0.25, 0.3) is 0 Å². The Hall–Kier alpha value is -3.62. The predicted octanol–water partition coefficient (Wildman–Crippen LogP) is 9.54. The Bertz CT molecular complexity index is 1940. The molecular formula is C31H21NS. The van der Waals surface area contributed by atoms with E-state index in [4.69, 9.17) is 0 Å². The number of nitrogens with zero attached hydrogens (tertiary/aromatic N) is 1. The summed E-state index contributed by atoms with van der Waals surface area (Å²) in [5.74, 6) is 0. The maximum Gasteiger partial charge on any atom is 0.0681 e. The molecule has 0 fully saturated rings. The fraction of sp³-hybridized carbons (Fsp3) is 0.0968. The fourth-order valence-corrected chi connectivity index (χ4v) is 7.44. The van der Waals surface area contributed by atoms with Crippen LogP contribution in [0.15, 0.2) is 84.9 Å². The van der Waals surface area contributed by atoms with Crippen LogP contribution in [0.25, 0.3) is 75.0 Å². The second-order valence-electron chi connectivity index (χ2n) is 9.50. The van der Waals surface area contributed by atoms with Gasteiger partial charge in [-0.15, -0.1) is 11.3 Å². The number of hydrogen-bond acceptors (Lipinski definition) is 1. The third kappa shape index (κ3) is 2.08. The van der Waals surface area contributed by atoms with Crippen LogP contribution in [0.2, 0.25) is 0 Å². The first-order valence-electron chi connectivity index (χ1n) is 11.7. The Morgan fingerprint density at radius 1 is 0.636 bits per heavy atom. The molecule has 156 valence electrons. The van der Waals surface area contributed by atoms with Crippen LogP contribution in [0.5, 0.6) is 0 Å². The number of rotatable bonds is 1. The van der Waals surface area contributed by atoms with Gasteiger partial charge in [-0.3, -0.25) is 0 Å². The lowest BCUT2D eigenvalue weighted by Crippen LogP contribution is -2.00. The van der Waals surface area contributed by atoms with Gasteiger partial charge in [0.05, 0.1) is 15.7 Å². The minimum absolute atomic E-state index is 0.370. The highest BCUT2D eigenvalue weighted by Gasteiger charge is 2.27. The van der Waals surface area contributed by atoms with Crippen molar-refractivity contribution in [1.82, 2.24) is 4.57 Å². The number of aromatic nitrogens is 1. The van der Waals surface area contributed by atoms with Crippen molar-refractivity contribution in [3.63, 3.8) is 0 Å². The molecule has 7 aromatic rings. The van der Waals surface area contributed by atoms with Gasteiger partial charge in [-0.1, -0.05) is 66.7 Å². The van der Waals surface area contributed by atoms with Crippen molar-refractivity contribution in [3.8, 4) is 22.3 Å². The van der Waals surface area contributed by atoms with E-state index in [1.165, 1.54) is 75.0 Å². The van der Waals surface area contributed by atoms with Crippen molar-refractivity contribution in [3.05, 3.63) is 84.9 Å². The van der Waals surface area contributed by atoms with Gasteiger partial charge in [0, 0.05) is 32.3 Å². The summed E-state index contributed by atoms with van der Waals surface area (Å²) in [5.41, 5.74) is 8.16. The van der Waals surface area contributed by atoms with Gasteiger partial charge in [-0.25, -0.2) is 0 Å². The SMILES string of the molecule is CC(C)n1c2cccc3c2c2c(cc4c5ccccc5sc4c21)-c1cccc2cccc-3c12. The summed E-state index contributed by atoms with van der Waals surface area (Å²) < 4.78 is 5.36. The lowest BCUT2D eigenvalue weighted by atomic mass is 9.93. The van der Waals surface area contributed by atoms with Crippen molar-refractivity contribution in [2.75, 3.05) is 0 Å². The summed E-state index contributed by atoms with van der Waals surface area (Å²) in [4.78, 5) is 0. The first kappa shape index (κ1) is 17.9. The molecule has 1 nitrogen and oxygen atoms in total. The zero-order valence-corrected chi connectivity index (χ0v) is 19.3. The molecule has 0 saturated heterocycles. The highest BCUT2D eigenvalue weighted by molar-refractivity contribution is 7.26. The second kappa shape index (κ2) is 6.03. The van der Waals surface area contributed by atoms with Gasteiger partial charge < -0.3 is 4.57 Å². The number of thiophene rings is 1. The molecule has 2 heteroatoms. The topological polar surface area (TPSA) is 4.93 Å². The van der Waals surface area contributed by atoms with E-state index in [-0.39, 0.29) is 0 Å². The molecule has 0 amide bonds. The summed E-state index contributed by atoms with van der Waals surface area (Å²) >= 11 is 1.94. The zero-order chi connectivity index (χ0) is 21.8. The van der Waals surface area contributed by atoms with E-state index in [2.05, 4.69) is 103 Å². The average molecular weight is 440 g/mol. The van der Waals surface area contributed by atoms with E-state index in [0.717, 1.165) is 0 Å². The quantitative estimate of drug-likeness (QED) is 0.240. The number of fused-ring (bicyclic) bond motifs is 6. The Morgan fingerprint density at radius 3 is 2.12 bits per heavy atom. The molecule has 0 aliphatic heterocycles. The first-order valence-corrected chi connectivity index (χ1v) is 12.5. The molecule has 0 bridgehead atoms. The highest BCUT2D eigenvalue weighted by Crippen LogP contribution is 2.53. The molecule has 1 aliphatic carbocycles. The third-order valence-corrected chi connectivity index (χ3v) is 8.63. The van der Waals surface area contributed by atoms with Crippen molar-refractivity contribution >= 4 is 64.1 Å². The van der Waals surface area contributed by atoms with Gasteiger partial charge in [-0.2, -0.15) is 0 Å². The summed E-state index contributed by atoms with van der Waals surface area (Å²) in [7, 11) is 0. The minimum atomic E-state index is 0.370. The smallest absolute Gasteiger partial charge is 0.0681 e. The van der Waals surface area contributed by atoms with E-state index >= 15 is 0 Å². The Labute approximate surface area is 195 Å². The molecule has 0 radical (unpaired) electrons. The average Bonchev–Trinajstić information content (AvgIpc) is 3.35. The largest absolute Gasteiger partial charge is 0.337 e. The minimum Gasteiger partial charge on any atom is -0.337 e. The first-order chi connectivity index (χ1) is 16.2. The van der Waals surface area contributed by atoms with Gasteiger partial charge >= 0.3 is 0 Å². The second-order valence-corrected chi connectivity index (χ2v) is 10.5. The standard InChI is InChI=1S/C31H21NS/c1-17(2)32-25-14-7-13-21-20-11-5-8-18-9-6-12-22(27(18)20)23-16-24-19-10-3-4-15-26(19)33-31(24)30(32)29(23)28(21)25/h3-17H,1-2H3. The summed E-state index contributed by atoms with van der Waals surface area (Å²) in [6.07, 6.45) is 0. The molecule has 0 N–H and O–H groups in total. The number of hydrogen-bond donors (Lipinski definition) is 0. The maximum absolute atomic E-state index is 2.59. The maximum atomic E-state index is 2.59. The van der Waals surface area contributed by atoms with Gasteiger partial charge in [0.2, 0.25) is 0 Å². The lowest BCUT2D eigenvalue weighted by Gasteiger charge is -2.16. The van der Waals surface area contributed by atoms with Crippen LogP contribution >= 0.6 is 11.3 Å². The molecular weight excluding hydrogens is 418 g/mol. The molecule has 2 heterocycles. The van der Waals surface area contributed by atoms with Crippen LogP contribution in [0.3, 0.4) is 0 Å². The van der Waals surface area contributed by atoms with Crippen molar-refractivity contribution in [2.45, 2.75) is 19.9 Å². The molecule has 1 aliphatic rings. The summed E-state index contributed by atoms with van der Waals surface area (Å²) in [5, 5.41) is 8.24. The molecule has 0 unspecified atom stereocenters. The van der Waals surface area contributed by atoms with Crippen molar-refractivity contribution < 1.29 is 0 Å². The monoisotopic (exact) mass is 439 g/mol. The molecule has 5 aromatic carbocycles. The molecule has 33 heavy (non-hydrogen) atoms. The van der Waals surface area contributed by atoms with Crippen LogP contribution in [0.4, 0.5) is 0 Å². The van der Waals surface area contributed by atoms with E-state index in [9.17, 15) is 0 Å². The third-order valence-electron chi connectivity index (χ3n) is 7.44. The Kier molecular flexibility index (Phi) is 3.27. The van der Waals surface area contributed by atoms with Crippen molar-refractivity contribution in [2.24, 2.45) is 0 Å². The van der Waals surface area contributed by atoms with Gasteiger partial charge in [0.1, 0.15) is 0 Å². The van der Waals surface area contributed by atoms with Crippen LogP contribution in [0, 0.1) is 0 Å². The Morgan fingerprint density at radius 2 is 1.33 bits per heavy atom. The van der Waals surface area contributed by atoms with E-state index < -0.39 is 0 Å². The number of benzene rings is 5. The fourth-order valence-electron chi connectivity index (χ4n) is 6.21. The van der Waals surface area contributed by atoms with Crippen LogP contribution < -0.4 is 0 Å². The molecule has 0 atom stereocenters. The summed E-state index contributed by atoms with van der Waals surface area (Å²) in [6, 6.07) is 32.2. The molecule has 0 saturated carbocycles. The van der Waals surface area contributed by atoms with Crippen LogP contribution in [-0.4, -0.2) is 4.57 Å². The lowest BCUT2D eigenvalue weighted by molar-refractivity contribution is 0.644.